The number of aliphatic hydroxyl groups excluding tert-OH is 5. The molecule has 2 fully saturated rings. The molecule has 2 aromatic carbocycles. The Balaban J connectivity index is 1.14. The number of ether oxygens (including phenoxy) is 2. The quantitative estimate of drug-likeness (QED) is 0.0731. The number of rotatable bonds is 22. The number of carbonyl (C=O) groups is 1. The van der Waals surface area contributed by atoms with Gasteiger partial charge >= 0.3 is 0 Å². The normalized spacial score (nSPS) is 16.8. The van der Waals surface area contributed by atoms with Gasteiger partial charge in [-0.15, -0.1) is 11.8 Å². The van der Waals surface area contributed by atoms with Gasteiger partial charge in [0.15, 0.2) is 0 Å². The Hall–Kier alpha value is -3.03. The van der Waals surface area contributed by atoms with Crippen LogP contribution in [0.4, 0.5) is 0 Å². The van der Waals surface area contributed by atoms with Gasteiger partial charge in [0.05, 0.1) is 37.4 Å². The molecule has 3 unspecified atom stereocenters. The molecule has 0 aliphatic heterocycles. The molecular weight excluding hydrogens is 657 g/mol. The first-order chi connectivity index (χ1) is 24.2. The number of aromatic nitrogens is 1. The van der Waals surface area contributed by atoms with E-state index in [4.69, 9.17) is 14.6 Å². The first-order valence-electron chi connectivity index (χ1n) is 17.8. The van der Waals surface area contributed by atoms with Gasteiger partial charge in [-0.2, -0.15) is 0 Å². The van der Waals surface area contributed by atoms with Crippen LogP contribution in [0.1, 0.15) is 74.5 Å². The van der Waals surface area contributed by atoms with E-state index in [9.17, 15) is 25.2 Å². The van der Waals surface area contributed by atoms with Gasteiger partial charge in [0.1, 0.15) is 18.0 Å². The summed E-state index contributed by atoms with van der Waals surface area (Å²) in [5.74, 6) is 1.43. The monoisotopic (exact) mass is 708 g/mol. The minimum absolute atomic E-state index is 0.0298. The first-order valence-corrected chi connectivity index (χ1v) is 18.8. The minimum Gasteiger partial charge on any atom is -0.490 e. The molecule has 5 N–H and O–H groups in total. The van der Waals surface area contributed by atoms with Crippen LogP contribution >= 0.6 is 11.8 Å². The predicted octanol–water partition coefficient (Wildman–Crippen LogP) is 4.74. The van der Waals surface area contributed by atoms with Gasteiger partial charge in [-0.25, -0.2) is 0 Å². The van der Waals surface area contributed by atoms with Crippen LogP contribution < -0.4 is 4.74 Å². The standard InChI is InChI=1S/C39H52N2O8S/c1-27-10-13-30(50-21-7-5-19-41(18-4-6-20-42)37(46)23-34(44)38(47)35(45)25-43)22-28(27)26-48-39(15-16-39)33-24-40-17-14-31(33)32-8-2-3-9-36(32)49-29-11-12-29/h2-3,8-10,13-14,17,22,24,29,34-35,38,42-45,47H,4-7,11-12,15-16,18-21,23,25-26H2,1H3. The first kappa shape index (κ1) is 38.2. The lowest BCUT2D eigenvalue weighted by atomic mass is 9.96. The number of aliphatic hydroxyl groups is 5. The number of hydrogen-bond acceptors (Lipinski definition) is 10. The molecule has 1 aromatic heterocycles. The highest BCUT2D eigenvalue weighted by molar-refractivity contribution is 7.99. The number of aryl methyl sites for hydroxylation is 1. The molecule has 2 saturated carbocycles. The van der Waals surface area contributed by atoms with Gasteiger partial charge in [-0.3, -0.25) is 9.78 Å². The van der Waals surface area contributed by atoms with Gasteiger partial charge in [-0.1, -0.05) is 24.3 Å². The Kier molecular flexibility index (Phi) is 14.1. The number of benzene rings is 2. The van der Waals surface area contributed by atoms with Crippen LogP contribution in [0.3, 0.4) is 0 Å². The Morgan fingerprint density at radius 2 is 1.74 bits per heavy atom. The average Bonchev–Trinajstić information content (AvgIpc) is 4.08. The van der Waals surface area contributed by atoms with E-state index in [2.05, 4.69) is 42.2 Å². The lowest BCUT2D eigenvalue weighted by Crippen LogP contribution is -2.43. The van der Waals surface area contributed by atoms with Crippen LogP contribution in [0.15, 0.2) is 65.8 Å². The fraction of sp³-hybridized carbons (Fsp3) is 0.538. The van der Waals surface area contributed by atoms with Crippen LogP contribution in [-0.4, -0.2) is 97.8 Å². The molecule has 0 spiro atoms. The number of thioether (sulfide) groups is 1. The van der Waals surface area contributed by atoms with E-state index in [0.29, 0.717) is 38.6 Å². The number of nitrogens with zero attached hydrogens (tertiary/aromatic N) is 2. The largest absolute Gasteiger partial charge is 0.490 e. The van der Waals surface area contributed by atoms with E-state index >= 15 is 0 Å². The zero-order valence-corrected chi connectivity index (χ0v) is 29.8. The average molecular weight is 709 g/mol. The van der Waals surface area contributed by atoms with Crippen molar-refractivity contribution in [3.05, 3.63) is 77.6 Å². The second-order valence-corrected chi connectivity index (χ2v) is 14.7. The third-order valence-electron chi connectivity index (χ3n) is 9.48. The molecule has 10 nitrogen and oxygen atoms in total. The summed E-state index contributed by atoms with van der Waals surface area (Å²) >= 11 is 1.76. The summed E-state index contributed by atoms with van der Waals surface area (Å²) in [6, 6.07) is 16.8. The molecule has 2 aliphatic carbocycles. The molecule has 1 amide bonds. The summed E-state index contributed by atoms with van der Waals surface area (Å²) in [5, 5.41) is 48.0. The molecular formula is C39H52N2O8S. The van der Waals surface area contributed by atoms with Gasteiger partial charge in [0.2, 0.25) is 5.91 Å². The van der Waals surface area contributed by atoms with Gasteiger partial charge in [0.25, 0.3) is 0 Å². The van der Waals surface area contributed by atoms with Crippen molar-refractivity contribution in [2.75, 3.05) is 32.1 Å². The molecule has 0 radical (unpaired) electrons. The molecule has 0 bridgehead atoms. The fourth-order valence-corrected chi connectivity index (χ4v) is 7.00. The summed E-state index contributed by atoms with van der Waals surface area (Å²) in [7, 11) is 0. The Labute approximate surface area is 299 Å². The molecule has 3 atom stereocenters. The van der Waals surface area contributed by atoms with Crippen molar-refractivity contribution in [3.8, 4) is 16.9 Å². The number of para-hydroxylation sites is 1. The van der Waals surface area contributed by atoms with E-state index in [0.717, 1.165) is 77.2 Å². The number of amides is 1. The SMILES string of the molecule is Cc1ccc(SCCCCN(CCCCO)C(=O)CC(O)C(O)C(O)CO)cc1COC1(c2cnccc2-c2ccccc2OC2CC2)CC1. The number of pyridine rings is 1. The maximum absolute atomic E-state index is 12.9. The van der Waals surface area contributed by atoms with E-state index in [1.54, 1.807) is 16.7 Å². The molecule has 11 heteroatoms. The molecule has 5 rings (SSSR count). The zero-order valence-electron chi connectivity index (χ0n) is 29.0. The smallest absolute Gasteiger partial charge is 0.225 e. The molecule has 2 aliphatic rings. The van der Waals surface area contributed by atoms with Crippen LogP contribution in [-0.2, 0) is 21.7 Å². The summed E-state index contributed by atoms with van der Waals surface area (Å²) in [4.78, 5) is 20.2. The lowest BCUT2D eigenvalue weighted by molar-refractivity contribution is -0.138. The highest BCUT2D eigenvalue weighted by Gasteiger charge is 2.47. The zero-order chi connectivity index (χ0) is 35.5. The summed E-state index contributed by atoms with van der Waals surface area (Å²) in [6.07, 6.45) is 6.00. The minimum atomic E-state index is -1.61. The van der Waals surface area contributed by atoms with E-state index in [1.807, 2.05) is 30.6 Å². The van der Waals surface area contributed by atoms with E-state index in [-0.39, 0.29) is 24.5 Å². The van der Waals surface area contributed by atoms with Crippen LogP contribution in [0.5, 0.6) is 5.75 Å². The van der Waals surface area contributed by atoms with Crippen molar-refractivity contribution in [2.45, 2.75) is 106 Å². The lowest BCUT2D eigenvalue weighted by Gasteiger charge is -2.26. The Bertz CT molecular complexity index is 1530. The van der Waals surface area contributed by atoms with Crippen LogP contribution in [0.25, 0.3) is 11.1 Å². The molecule has 1 heterocycles. The van der Waals surface area contributed by atoms with Crippen molar-refractivity contribution < 1.29 is 39.8 Å². The third-order valence-corrected chi connectivity index (χ3v) is 10.6. The molecule has 272 valence electrons. The number of carbonyl (C=O) groups excluding carboxylic acids is 1. The fourth-order valence-electron chi connectivity index (χ4n) is 6.03. The van der Waals surface area contributed by atoms with Crippen molar-refractivity contribution in [1.82, 2.24) is 9.88 Å². The highest BCUT2D eigenvalue weighted by Crippen LogP contribution is 2.53. The van der Waals surface area contributed by atoms with Crippen molar-refractivity contribution in [3.63, 3.8) is 0 Å². The maximum atomic E-state index is 12.9. The molecule has 50 heavy (non-hydrogen) atoms. The van der Waals surface area contributed by atoms with Gasteiger partial charge in [-0.05, 0) is 105 Å². The Morgan fingerprint density at radius 1 is 0.980 bits per heavy atom. The second kappa shape index (κ2) is 18.5. The predicted molar refractivity (Wildman–Crippen MR) is 193 cm³/mol. The van der Waals surface area contributed by atoms with Crippen molar-refractivity contribution >= 4 is 17.7 Å². The van der Waals surface area contributed by atoms with E-state index in [1.165, 1.54) is 5.56 Å². The second-order valence-electron chi connectivity index (χ2n) is 13.5. The molecule has 3 aromatic rings. The van der Waals surface area contributed by atoms with Crippen LogP contribution in [0.2, 0.25) is 0 Å². The van der Waals surface area contributed by atoms with Gasteiger partial charge < -0.3 is 39.9 Å². The Morgan fingerprint density at radius 3 is 2.46 bits per heavy atom. The summed E-state index contributed by atoms with van der Waals surface area (Å²) in [5.41, 5.74) is 5.24. The number of unbranched alkanes of at least 4 members (excludes halogenated alkanes) is 2. The third kappa shape index (κ3) is 10.5. The van der Waals surface area contributed by atoms with Crippen molar-refractivity contribution in [2.24, 2.45) is 0 Å². The number of hydrogen-bond donors (Lipinski definition) is 5. The molecule has 0 saturated heterocycles. The highest BCUT2D eigenvalue weighted by atomic mass is 32.2. The summed E-state index contributed by atoms with van der Waals surface area (Å²) < 4.78 is 13.0. The van der Waals surface area contributed by atoms with Crippen molar-refractivity contribution in [1.29, 1.82) is 0 Å². The summed E-state index contributed by atoms with van der Waals surface area (Å²) in [6.45, 7) is 2.84. The topological polar surface area (TPSA) is 153 Å². The van der Waals surface area contributed by atoms with Crippen LogP contribution in [0, 0.1) is 6.92 Å². The maximum Gasteiger partial charge on any atom is 0.225 e. The van der Waals surface area contributed by atoms with Gasteiger partial charge in [0, 0.05) is 48.1 Å². The van der Waals surface area contributed by atoms with E-state index < -0.39 is 24.9 Å².